The fraction of sp³-hybridized carbons (Fsp3) is 0.850. The number of aromatic nitrogens is 3. The molecule has 0 spiro atoms. The summed E-state index contributed by atoms with van der Waals surface area (Å²) >= 11 is 0. The molecule has 2 N–H and O–H groups in total. The number of hydrogen-bond donors (Lipinski definition) is 2. The lowest BCUT2D eigenvalue weighted by atomic mass is 9.95. The topological polar surface area (TPSA) is 84.2 Å². The van der Waals surface area contributed by atoms with Crippen molar-refractivity contribution in [1.82, 2.24) is 25.4 Å². The van der Waals surface area contributed by atoms with Gasteiger partial charge in [-0.1, -0.05) is 19.8 Å². The standard InChI is InChI=1S/C20H36N6OS/c1-3-28(27)17-10-7-9-16(15-17)23-20(21-2)22-13-8-12-19-25-24-18-11-5-4-6-14-26(18)19/h16-17H,3-15H2,1-2H3,(H2,21,22,23). The molecule has 1 aliphatic heterocycles. The minimum atomic E-state index is -0.693. The Morgan fingerprint density at radius 3 is 2.96 bits per heavy atom. The lowest BCUT2D eigenvalue weighted by molar-refractivity contribution is 0.413. The van der Waals surface area contributed by atoms with Gasteiger partial charge in [-0.3, -0.25) is 9.20 Å². The Labute approximate surface area is 171 Å². The minimum absolute atomic E-state index is 0.331. The summed E-state index contributed by atoms with van der Waals surface area (Å²) in [5.74, 6) is 3.90. The molecular formula is C20H36N6OS. The molecular weight excluding hydrogens is 372 g/mol. The SMILES string of the molecule is CCS(=O)C1CCCC(NC(=NC)NCCCc2nnc3n2CCCCC3)C1. The third-order valence-electron chi connectivity index (χ3n) is 5.90. The average molecular weight is 409 g/mol. The summed E-state index contributed by atoms with van der Waals surface area (Å²) in [4.78, 5) is 4.37. The van der Waals surface area contributed by atoms with Crippen LogP contribution >= 0.6 is 0 Å². The van der Waals surface area contributed by atoms with Gasteiger partial charge in [-0.05, 0) is 38.5 Å². The van der Waals surface area contributed by atoms with E-state index in [1.165, 1.54) is 19.3 Å². The zero-order valence-electron chi connectivity index (χ0n) is 17.5. The molecule has 0 bridgehead atoms. The molecule has 3 rings (SSSR count). The number of fused-ring (bicyclic) bond motifs is 1. The van der Waals surface area contributed by atoms with E-state index in [-0.39, 0.29) is 0 Å². The maximum atomic E-state index is 12.1. The molecule has 0 aromatic carbocycles. The molecule has 2 aliphatic rings. The predicted octanol–water partition coefficient (Wildman–Crippen LogP) is 2.18. The largest absolute Gasteiger partial charge is 0.356 e. The van der Waals surface area contributed by atoms with Gasteiger partial charge in [0, 0.05) is 60.8 Å². The van der Waals surface area contributed by atoms with Crippen LogP contribution in [0.15, 0.2) is 4.99 Å². The van der Waals surface area contributed by atoms with E-state index in [2.05, 4.69) is 30.4 Å². The zero-order valence-corrected chi connectivity index (χ0v) is 18.3. The second-order valence-corrected chi connectivity index (χ2v) is 9.90. The average Bonchev–Trinajstić information content (AvgIpc) is 2.95. The van der Waals surface area contributed by atoms with E-state index >= 15 is 0 Å². The Hall–Kier alpha value is -1.44. The predicted molar refractivity (Wildman–Crippen MR) is 115 cm³/mol. The fourth-order valence-corrected chi connectivity index (χ4v) is 5.67. The van der Waals surface area contributed by atoms with Crippen LogP contribution in [0.5, 0.6) is 0 Å². The highest BCUT2D eigenvalue weighted by Crippen LogP contribution is 2.23. The summed E-state index contributed by atoms with van der Waals surface area (Å²) in [6, 6.07) is 0.368. The van der Waals surface area contributed by atoms with Crippen LogP contribution in [0.4, 0.5) is 0 Å². The van der Waals surface area contributed by atoms with E-state index in [0.717, 1.165) is 81.4 Å². The molecule has 1 fully saturated rings. The van der Waals surface area contributed by atoms with Crippen molar-refractivity contribution in [2.45, 2.75) is 89.0 Å². The van der Waals surface area contributed by atoms with Crippen LogP contribution < -0.4 is 10.6 Å². The molecule has 2 heterocycles. The first-order valence-corrected chi connectivity index (χ1v) is 12.3. The first-order chi connectivity index (χ1) is 13.7. The Balaban J connectivity index is 1.41. The van der Waals surface area contributed by atoms with Gasteiger partial charge in [-0.2, -0.15) is 0 Å². The summed E-state index contributed by atoms with van der Waals surface area (Å²) in [7, 11) is 1.12. The number of guanidine groups is 1. The molecule has 3 unspecified atom stereocenters. The van der Waals surface area contributed by atoms with Crippen molar-refractivity contribution in [3.63, 3.8) is 0 Å². The summed E-state index contributed by atoms with van der Waals surface area (Å²) in [5.41, 5.74) is 0. The van der Waals surface area contributed by atoms with E-state index in [0.29, 0.717) is 11.3 Å². The third-order valence-corrected chi connectivity index (χ3v) is 7.64. The molecule has 1 aromatic heterocycles. The highest BCUT2D eigenvalue weighted by molar-refractivity contribution is 7.85. The zero-order chi connectivity index (χ0) is 19.8. The number of rotatable bonds is 7. The van der Waals surface area contributed by atoms with Gasteiger partial charge >= 0.3 is 0 Å². The van der Waals surface area contributed by atoms with Crippen molar-refractivity contribution >= 4 is 16.8 Å². The van der Waals surface area contributed by atoms with Crippen LogP contribution in [-0.2, 0) is 30.2 Å². The normalized spacial score (nSPS) is 24.3. The molecule has 0 saturated heterocycles. The second-order valence-electron chi connectivity index (χ2n) is 7.90. The second kappa shape index (κ2) is 10.9. The van der Waals surface area contributed by atoms with Gasteiger partial charge in [0.25, 0.3) is 0 Å². The third kappa shape index (κ3) is 5.78. The first-order valence-electron chi connectivity index (χ1n) is 11.0. The Morgan fingerprint density at radius 1 is 1.25 bits per heavy atom. The molecule has 3 atom stereocenters. The molecule has 0 amide bonds. The van der Waals surface area contributed by atoms with Crippen LogP contribution in [0.25, 0.3) is 0 Å². The van der Waals surface area contributed by atoms with Gasteiger partial charge in [-0.25, -0.2) is 0 Å². The van der Waals surface area contributed by atoms with Crippen LogP contribution in [0.1, 0.15) is 69.9 Å². The number of nitrogens with zero attached hydrogens (tertiary/aromatic N) is 4. The van der Waals surface area contributed by atoms with Gasteiger partial charge in [-0.15, -0.1) is 10.2 Å². The Bertz CT molecular complexity index is 674. The van der Waals surface area contributed by atoms with Crippen molar-refractivity contribution in [3.8, 4) is 0 Å². The van der Waals surface area contributed by atoms with Crippen molar-refractivity contribution in [3.05, 3.63) is 11.6 Å². The summed E-state index contributed by atoms with van der Waals surface area (Å²) in [6.45, 7) is 3.94. The molecule has 1 saturated carbocycles. The summed E-state index contributed by atoms with van der Waals surface area (Å²) < 4.78 is 14.5. The van der Waals surface area contributed by atoms with E-state index in [1.54, 1.807) is 0 Å². The highest BCUT2D eigenvalue weighted by atomic mass is 32.2. The first kappa shape index (κ1) is 21.3. The van der Waals surface area contributed by atoms with Crippen molar-refractivity contribution in [2.24, 2.45) is 4.99 Å². The molecule has 28 heavy (non-hydrogen) atoms. The molecule has 7 nitrogen and oxygen atoms in total. The van der Waals surface area contributed by atoms with Crippen LogP contribution in [-0.4, -0.2) is 55.6 Å². The molecule has 8 heteroatoms. The molecule has 1 aliphatic carbocycles. The highest BCUT2D eigenvalue weighted by Gasteiger charge is 2.26. The van der Waals surface area contributed by atoms with Gasteiger partial charge < -0.3 is 15.2 Å². The number of aryl methyl sites for hydroxylation is 2. The van der Waals surface area contributed by atoms with E-state index in [1.807, 2.05) is 14.0 Å². The quantitative estimate of drug-likeness (QED) is 0.410. The van der Waals surface area contributed by atoms with E-state index in [4.69, 9.17) is 0 Å². The minimum Gasteiger partial charge on any atom is -0.356 e. The molecule has 0 radical (unpaired) electrons. The fourth-order valence-electron chi connectivity index (χ4n) is 4.32. The number of nitrogens with one attached hydrogen (secondary N) is 2. The van der Waals surface area contributed by atoms with Crippen molar-refractivity contribution in [1.29, 1.82) is 0 Å². The summed E-state index contributed by atoms with van der Waals surface area (Å²) in [6.07, 6.45) is 11.1. The monoisotopic (exact) mass is 408 g/mol. The van der Waals surface area contributed by atoms with Gasteiger partial charge in [0.05, 0.1) is 0 Å². The maximum Gasteiger partial charge on any atom is 0.191 e. The Kier molecular flexibility index (Phi) is 8.30. The van der Waals surface area contributed by atoms with Gasteiger partial charge in [0.2, 0.25) is 0 Å². The molecule has 1 aromatic rings. The lowest BCUT2D eigenvalue weighted by Gasteiger charge is -2.30. The van der Waals surface area contributed by atoms with Crippen molar-refractivity contribution < 1.29 is 4.21 Å². The van der Waals surface area contributed by atoms with E-state index < -0.39 is 10.8 Å². The lowest BCUT2D eigenvalue weighted by Crippen LogP contribution is -2.46. The van der Waals surface area contributed by atoms with Gasteiger partial charge in [0.1, 0.15) is 11.6 Å². The molecule has 158 valence electrons. The van der Waals surface area contributed by atoms with Crippen LogP contribution in [0, 0.1) is 0 Å². The van der Waals surface area contributed by atoms with E-state index in [9.17, 15) is 4.21 Å². The smallest absolute Gasteiger partial charge is 0.191 e. The van der Waals surface area contributed by atoms with Crippen molar-refractivity contribution in [2.75, 3.05) is 19.3 Å². The van der Waals surface area contributed by atoms with Crippen LogP contribution in [0.3, 0.4) is 0 Å². The Morgan fingerprint density at radius 2 is 2.14 bits per heavy atom. The summed E-state index contributed by atoms with van der Waals surface area (Å²) in [5, 5.41) is 16.1. The van der Waals surface area contributed by atoms with Crippen LogP contribution in [0.2, 0.25) is 0 Å². The number of aliphatic imine (C=N–C) groups is 1. The van der Waals surface area contributed by atoms with Gasteiger partial charge in [0.15, 0.2) is 5.96 Å². The number of hydrogen-bond acceptors (Lipinski definition) is 4. The maximum absolute atomic E-state index is 12.1.